The summed E-state index contributed by atoms with van der Waals surface area (Å²) in [5, 5.41) is 8.10. The van der Waals surface area contributed by atoms with Crippen LogP contribution in [0.3, 0.4) is 0 Å². The fraction of sp³-hybridized carbons (Fsp3) is 0.692. The third-order valence-electron chi connectivity index (χ3n) is 4.78. The van der Waals surface area contributed by atoms with Crippen LogP contribution in [0.25, 0.3) is 0 Å². The number of rotatable bonds is 3. The van der Waals surface area contributed by atoms with Gasteiger partial charge >= 0.3 is 0 Å². The number of hydrogen-bond donors (Lipinski definition) is 0. The third-order valence-corrected chi connectivity index (χ3v) is 5.76. The van der Waals surface area contributed by atoms with Gasteiger partial charge in [0.05, 0.1) is 5.41 Å². The van der Waals surface area contributed by atoms with Crippen molar-refractivity contribution in [1.29, 1.82) is 0 Å². The average Bonchev–Trinajstić information content (AvgIpc) is 3.16. The van der Waals surface area contributed by atoms with Crippen LogP contribution in [0, 0.1) is 12.8 Å². The van der Waals surface area contributed by atoms with Gasteiger partial charge in [0, 0.05) is 31.2 Å². The van der Waals surface area contributed by atoms with Gasteiger partial charge in [0.25, 0.3) is 0 Å². The largest absolute Gasteiger partial charge is 0.339 e. The molecular formula is C13H16ClN5OS. The highest BCUT2D eigenvalue weighted by Gasteiger charge is 2.54. The van der Waals surface area contributed by atoms with Crippen LogP contribution in [0.5, 0.6) is 0 Å². The summed E-state index contributed by atoms with van der Waals surface area (Å²) in [5.74, 6) is 2.12. The van der Waals surface area contributed by atoms with E-state index in [1.807, 2.05) is 6.92 Å². The molecule has 0 radical (unpaired) electrons. The quantitative estimate of drug-likeness (QED) is 0.863. The standard InChI is InChI=1S/C13H16ClN5OS/c1-8-15-12(20-17-8)13-4-2-3-9(13)5-19(7-13)6-10-11(14)21-18-16-10/h9H,2-7H2,1H3/t9-,13-/m0/s1. The summed E-state index contributed by atoms with van der Waals surface area (Å²) in [6, 6.07) is 0. The van der Waals surface area contributed by atoms with Gasteiger partial charge in [-0.05, 0) is 25.7 Å². The van der Waals surface area contributed by atoms with E-state index >= 15 is 0 Å². The highest BCUT2D eigenvalue weighted by Crippen LogP contribution is 2.50. The lowest BCUT2D eigenvalue weighted by Crippen LogP contribution is -2.32. The van der Waals surface area contributed by atoms with Gasteiger partial charge in [-0.25, -0.2) is 0 Å². The first-order valence-corrected chi connectivity index (χ1v) is 8.32. The lowest BCUT2D eigenvalue weighted by atomic mass is 9.80. The summed E-state index contributed by atoms with van der Waals surface area (Å²) < 4.78 is 10.1. The molecule has 2 aliphatic rings. The molecule has 0 bridgehead atoms. The van der Waals surface area contributed by atoms with Crippen LogP contribution in [-0.2, 0) is 12.0 Å². The first-order valence-electron chi connectivity index (χ1n) is 7.17. The molecule has 1 saturated heterocycles. The zero-order valence-electron chi connectivity index (χ0n) is 11.8. The summed E-state index contributed by atoms with van der Waals surface area (Å²) in [6.45, 7) is 4.60. The predicted molar refractivity (Wildman–Crippen MR) is 78.3 cm³/mol. The van der Waals surface area contributed by atoms with E-state index in [1.54, 1.807) is 0 Å². The molecule has 3 heterocycles. The van der Waals surface area contributed by atoms with Gasteiger partial charge in [-0.15, -0.1) is 5.10 Å². The molecule has 2 atom stereocenters. The van der Waals surface area contributed by atoms with E-state index in [1.165, 1.54) is 24.4 Å². The van der Waals surface area contributed by atoms with Crippen molar-refractivity contribution in [2.24, 2.45) is 5.92 Å². The van der Waals surface area contributed by atoms with Crippen molar-refractivity contribution < 1.29 is 4.52 Å². The minimum atomic E-state index is 0.0250. The highest BCUT2D eigenvalue weighted by molar-refractivity contribution is 7.10. The Morgan fingerprint density at radius 3 is 3.14 bits per heavy atom. The van der Waals surface area contributed by atoms with Gasteiger partial charge in [-0.1, -0.05) is 27.7 Å². The molecule has 0 amide bonds. The first-order chi connectivity index (χ1) is 10.2. The Kier molecular flexibility index (Phi) is 3.24. The molecule has 1 aliphatic heterocycles. The van der Waals surface area contributed by atoms with Crippen molar-refractivity contribution in [3.05, 3.63) is 21.7 Å². The van der Waals surface area contributed by atoms with Crippen LogP contribution in [0.4, 0.5) is 0 Å². The van der Waals surface area contributed by atoms with Crippen molar-refractivity contribution >= 4 is 23.1 Å². The monoisotopic (exact) mass is 325 g/mol. The Morgan fingerprint density at radius 1 is 1.52 bits per heavy atom. The molecule has 1 aliphatic carbocycles. The first kappa shape index (κ1) is 13.6. The van der Waals surface area contributed by atoms with E-state index in [0.29, 0.717) is 10.3 Å². The summed E-state index contributed by atoms with van der Waals surface area (Å²) in [6.07, 6.45) is 3.58. The maximum absolute atomic E-state index is 6.12. The summed E-state index contributed by atoms with van der Waals surface area (Å²) in [4.78, 5) is 6.91. The van der Waals surface area contributed by atoms with Crippen LogP contribution in [0.1, 0.15) is 36.7 Å². The molecule has 21 heavy (non-hydrogen) atoms. The van der Waals surface area contributed by atoms with E-state index in [-0.39, 0.29) is 5.41 Å². The van der Waals surface area contributed by atoms with E-state index in [0.717, 1.165) is 43.5 Å². The molecule has 2 aromatic heterocycles. The van der Waals surface area contributed by atoms with Crippen molar-refractivity contribution in [3.8, 4) is 0 Å². The zero-order valence-corrected chi connectivity index (χ0v) is 13.3. The Morgan fingerprint density at radius 2 is 2.43 bits per heavy atom. The van der Waals surface area contributed by atoms with Crippen molar-refractivity contribution in [3.63, 3.8) is 0 Å². The number of fused-ring (bicyclic) bond motifs is 1. The lowest BCUT2D eigenvalue weighted by molar-refractivity contribution is 0.244. The van der Waals surface area contributed by atoms with Crippen molar-refractivity contribution in [2.45, 2.75) is 38.1 Å². The van der Waals surface area contributed by atoms with Crippen LogP contribution in [0.15, 0.2) is 4.52 Å². The number of likely N-dealkylation sites (tertiary alicyclic amines) is 1. The third kappa shape index (κ3) is 2.18. The molecule has 4 rings (SSSR count). The van der Waals surface area contributed by atoms with Gasteiger partial charge in [0.15, 0.2) is 5.82 Å². The van der Waals surface area contributed by atoms with Crippen LogP contribution in [-0.4, -0.2) is 37.7 Å². The summed E-state index contributed by atoms with van der Waals surface area (Å²) in [7, 11) is 0. The molecule has 2 fully saturated rings. The van der Waals surface area contributed by atoms with E-state index < -0.39 is 0 Å². The molecule has 8 heteroatoms. The Bertz CT molecular complexity index is 659. The van der Waals surface area contributed by atoms with Crippen LogP contribution >= 0.6 is 23.1 Å². The number of aromatic nitrogens is 4. The van der Waals surface area contributed by atoms with Crippen LogP contribution in [0.2, 0.25) is 4.34 Å². The van der Waals surface area contributed by atoms with Gasteiger partial charge in [-0.2, -0.15) is 4.98 Å². The minimum absolute atomic E-state index is 0.0250. The molecular weight excluding hydrogens is 310 g/mol. The second kappa shape index (κ2) is 5.00. The Labute approximate surface area is 131 Å². The fourth-order valence-corrected chi connectivity index (χ4v) is 4.48. The highest BCUT2D eigenvalue weighted by atomic mass is 35.5. The topological polar surface area (TPSA) is 67.9 Å². The molecule has 0 N–H and O–H groups in total. The normalized spacial score (nSPS) is 29.1. The molecule has 6 nitrogen and oxygen atoms in total. The number of aryl methyl sites for hydroxylation is 1. The Hall–Kier alpha value is -1.05. The number of nitrogens with zero attached hydrogens (tertiary/aromatic N) is 5. The summed E-state index contributed by atoms with van der Waals surface area (Å²) >= 11 is 7.36. The maximum Gasteiger partial charge on any atom is 0.234 e. The zero-order chi connectivity index (χ0) is 14.4. The predicted octanol–water partition coefficient (Wildman–Crippen LogP) is 2.44. The second-order valence-electron chi connectivity index (χ2n) is 6.05. The van der Waals surface area contributed by atoms with E-state index in [4.69, 9.17) is 16.1 Å². The van der Waals surface area contributed by atoms with Crippen molar-refractivity contribution in [2.75, 3.05) is 13.1 Å². The number of hydrogen-bond acceptors (Lipinski definition) is 7. The van der Waals surface area contributed by atoms with Gasteiger partial charge in [0.1, 0.15) is 10.0 Å². The fourth-order valence-electron chi connectivity index (χ4n) is 3.87. The van der Waals surface area contributed by atoms with Gasteiger partial charge in [0.2, 0.25) is 5.89 Å². The van der Waals surface area contributed by atoms with E-state index in [2.05, 4.69) is 24.6 Å². The number of halogens is 1. The smallest absolute Gasteiger partial charge is 0.234 e. The summed E-state index contributed by atoms with van der Waals surface area (Å²) in [5.41, 5.74) is 0.899. The minimum Gasteiger partial charge on any atom is -0.339 e. The molecule has 2 aromatic rings. The van der Waals surface area contributed by atoms with Gasteiger partial charge < -0.3 is 4.52 Å². The molecule has 0 unspecified atom stereocenters. The lowest BCUT2D eigenvalue weighted by Gasteiger charge is -2.24. The molecule has 0 aromatic carbocycles. The van der Waals surface area contributed by atoms with Crippen LogP contribution < -0.4 is 0 Å². The second-order valence-corrected chi connectivity index (χ2v) is 7.41. The molecule has 1 saturated carbocycles. The average molecular weight is 326 g/mol. The van der Waals surface area contributed by atoms with Gasteiger partial charge in [-0.3, -0.25) is 4.90 Å². The van der Waals surface area contributed by atoms with E-state index in [9.17, 15) is 0 Å². The SMILES string of the molecule is Cc1noc([C@]23CCC[C@H]2CN(Cc2nnsc2Cl)C3)n1. The Balaban J connectivity index is 1.59. The van der Waals surface area contributed by atoms with Crippen molar-refractivity contribution in [1.82, 2.24) is 24.6 Å². The molecule has 0 spiro atoms. The maximum atomic E-state index is 6.12. The molecule has 112 valence electrons.